The van der Waals surface area contributed by atoms with Gasteiger partial charge in [-0.15, -0.1) is 11.3 Å². The van der Waals surface area contributed by atoms with Gasteiger partial charge in [0.25, 0.3) is 0 Å². The maximum absolute atomic E-state index is 12.0. The Morgan fingerprint density at radius 1 is 1.60 bits per heavy atom. The monoisotopic (exact) mass is 240 g/mol. The standard InChI is InChI=1S/C8H11F3N2OS/c1-13(4-6(14)8(9,10)11)5-7-12-2-3-15-7/h2-3,6,14H,4-5H2,1H3. The van der Waals surface area contributed by atoms with Gasteiger partial charge in [-0.25, -0.2) is 4.98 Å². The highest BCUT2D eigenvalue weighted by Crippen LogP contribution is 2.20. The number of alkyl halides is 3. The third-order valence-corrected chi connectivity index (χ3v) is 2.52. The molecule has 15 heavy (non-hydrogen) atoms. The van der Waals surface area contributed by atoms with Gasteiger partial charge in [-0.3, -0.25) is 4.90 Å². The number of nitrogens with zero attached hydrogens (tertiary/aromatic N) is 2. The van der Waals surface area contributed by atoms with E-state index < -0.39 is 18.8 Å². The van der Waals surface area contributed by atoms with Crippen LogP contribution in [0.2, 0.25) is 0 Å². The molecule has 0 saturated heterocycles. The lowest BCUT2D eigenvalue weighted by Gasteiger charge is -2.21. The van der Waals surface area contributed by atoms with Crippen LogP contribution in [0.4, 0.5) is 13.2 Å². The minimum absolute atomic E-state index is 0.310. The Hall–Kier alpha value is -0.660. The van der Waals surface area contributed by atoms with Crippen LogP contribution in [0.25, 0.3) is 0 Å². The van der Waals surface area contributed by atoms with E-state index in [0.29, 0.717) is 6.54 Å². The van der Waals surface area contributed by atoms with E-state index in [9.17, 15) is 13.2 Å². The first kappa shape index (κ1) is 12.4. The van der Waals surface area contributed by atoms with E-state index in [1.54, 1.807) is 11.6 Å². The molecule has 0 fully saturated rings. The molecule has 0 aromatic carbocycles. The zero-order chi connectivity index (χ0) is 11.5. The SMILES string of the molecule is CN(Cc1nccs1)CC(O)C(F)(F)F. The van der Waals surface area contributed by atoms with E-state index >= 15 is 0 Å². The van der Waals surface area contributed by atoms with Crippen molar-refractivity contribution in [2.75, 3.05) is 13.6 Å². The lowest BCUT2D eigenvalue weighted by molar-refractivity contribution is -0.207. The summed E-state index contributed by atoms with van der Waals surface area (Å²) in [4.78, 5) is 5.33. The molecule has 1 aromatic rings. The van der Waals surface area contributed by atoms with Gasteiger partial charge in [-0.1, -0.05) is 0 Å². The van der Waals surface area contributed by atoms with Crippen molar-refractivity contribution in [2.45, 2.75) is 18.8 Å². The van der Waals surface area contributed by atoms with Crippen molar-refractivity contribution in [1.29, 1.82) is 0 Å². The second kappa shape index (κ2) is 4.91. The van der Waals surface area contributed by atoms with Gasteiger partial charge < -0.3 is 5.11 Å². The van der Waals surface area contributed by atoms with Crippen LogP contribution in [0.1, 0.15) is 5.01 Å². The highest BCUT2D eigenvalue weighted by atomic mass is 32.1. The molecule has 0 bridgehead atoms. The van der Waals surface area contributed by atoms with E-state index in [2.05, 4.69) is 4.98 Å². The van der Waals surface area contributed by atoms with Crippen LogP contribution in [0.5, 0.6) is 0 Å². The van der Waals surface area contributed by atoms with Gasteiger partial charge in [0.1, 0.15) is 5.01 Å². The number of aliphatic hydroxyl groups is 1. The van der Waals surface area contributed by atoms with Crippen LogP contribution < -0.4 is 0 Å². The van der Waals surface area contributed by atoms with E-state index in [0.717, 1.165) is 5.01 Å². The average Bonchev–Trinajstić information content (AvgIpc) is 2.54. The fourth-order valence-electron chi connectivity index (χ4n) is 1.03. The second-order valence-corrected chi connectivity index (χ2v) is 4.16. The smallest absolute Gasteiger partial charge is 0.382 e. The summed E-state index contributed by atoms with van der Waals surface area (Å²) in [6.45, 7) is -0.131. The Morgan fingerprint density at radius 3 is 2.73 bits per heavy atom. The summed E-state index contributed by atoms with van der Waals surface area (Å²) in [5, 5.41) is 11.3. The maximum Gasteiger partial charge on any atom is 0.415 e. The number of hydrogen-bond donors (Lipinski definition) is 1. The number of aromatic nitrogens is 1. The molecule has 1 unspecified atom stereocenters. The van der Waals surface area contributed by atoms with Crippen molar-refractivity contribution in [1.82, 2.24) is 9.88 Å². The summed E-state index contributed by atoms with van der Waals surface area (Å²) in [5.41, 5.74) is 0. The van der Waals surface area contributed by atoms with Gasteiger partial charge in [0.05, 0.1) is 6.54 Å². The van der Waals surface area contributed by atoms with Crippen LogP contribution >= 0.6 is 11.3 Å². The molecule has 0 saturated carbocycles. The Balaban J connectivity index is 2.39. The largest absolute Gasteiger partial charge is 0.415 e. The Kier molecular flexibility index (Phi) is 4.06. The lowest BCUT2D eigenvalue weighted by atomic mass is 10.3. The molecular formula is C8H11F3N2OS. The maximum atomic E-state index is 12.0. The molecule has 0 amide bonds. The Bertz CT molecular complexity index is 289. The fraction of sp³-hybridized carbons (Fsp3) is 0.625. The summed E-state index contributed by atoms with van der Waals surface area (Å²) < 4.78 is 36.0. The molecule has 1 heterocycles. The van der Waals surface area contributed by atoms with Crippen LogP contribution in [-0.4, -0.2) is 40.9 Å². The summed E-state index contributed by atoms with van der Waals surface area (Å²) >= 11 is 1.37. The zero-order valence-electron chi connectivity index (χ0n) is 8.03. The number of hydrogen-bond acceptors (Lipinski definition) is 4. The molecule has 3 nitrogen and oxygen atoms in total. The molecule has 1 aromatic heterocycles. The van der Waals surface area contributed by atoms with Crippen LogP contribution in [-0.2, 0) is 6.54 Å². The molecular weight excluding hydrogens is 229 g/mol. The van der Waals surface area contributed by atoms with Crippen molar-refractivity contribution < 1.29 is 18.3 Å². The summed E-state index contributed by atoms with van der Waals surface area (Å²) in [6.07, 6.45) is -5.27. The molecule has 0 aliphatic carbocycles. The number of thiazole rings is 1. The topological polar surface area (TPSA) is 36.4 Å². The molecule has 7 heteroatoms. The first-order valence-corrected chi connectivity index (χ1v) is 5.09. The van der Waals surface area contributed by atoms with E-state index in [1.165, 1.54) is 23.3 Å². The van der Waals surface area contributed by atoms with Crippen molar-refractivity contribution in [2.24, 2.45) is 0 Å². The lowest BCUT2D eigenvalue weighted by Crippen LogP contribution is -2.39. The minimum atomic E-state index is -4.56. The molecule has 0 radical (unpaired) electrons. The van der Waals surface area contributed by atoms with Gasteiger partial charge in [0.15, 0.2) is 6.10 Å². The van der Waals surface area contributed by atoms with Crippen molar-refractivity contribution in [3.05, 3.63) is 16.6 Å². The van der Waals surface area contributed by atoms with Crippen molar-refractivity contribution >= 4 is 11.3 Å². The average molecular weight is 240 g/mol. The van der Waals surface area contributed by atoms with Crippen molar-refractivity contribution in [3.8, 4) is 0 Å². The third kappa shape index (κ3) is 4.15. The Morgan fingerprint density at radius 2 is 2.27 bits per heavy atom. The highest BCUT2D eigenvalue weighted by molar-refractivity contribution is 7.09. The van der Waals surface area contributed by atoms with E-state index in [4.69, 9.17) is 5.11 Å². The van der Waals surface area contributed by atoms with Crippen LogP contribution in [0, 0.1) is 0 Å². The van der Waals surface area contributed by atoms with Gasteiger partial charge in [-0.05, 0) is 7.05 Å². The minimum Gasteiger partial charge on any atom is -0.382 e. The van der Waals surface area contributed by atoms with E-state index in [-0.39, 0.29) is 0 Å². The van der Waals surface area contributed by atoms with Crippen molar-refractivity contribution in [3.63, 3.8) is 0 Å². The van der Waals surface area contributed by atoms with Gasteiger partial charge in [0, 0.05) is 18.1 Å². The predicted molar refractivity (Wildman–Crippen MR) is 50.5 cm³/mol. The predicted octanol–water partition coefficient (Wildman–Crippen LogP) is 1.50. The molecule has 86 valence electrons. The number of halogens is 3. The molecule has 1 N–H and O–H groups in total. The van der Waals surface area contributed by atoms with E-state index in [1.807, 2.05) is 0 Å². The highest BCUT2D eigenvalue weighted by Gasteiger charge is 2.38. The molecule has 1 rings (SSSR count). The normalized spacial score (nSPS) is 14.5. The second-order valence-electron chi connectivity index (χ2n) is 3.18. The molecule has 0 aliphatic heterocycles. The number of likely N-dealkylation sites (N-methyl/N-ethyl adjacent to an activating group) is 1. The quantitative estimate of drug-likeness (QED) is 0.866. The summed E-state index contributed by atoms with van der Waals surface area (Å²) in [7, 11) is 1.51. The van der Waals surface area contributed by atoms with Crippen LogP contribution in [0.3, 0.4) is 0 Å². The van der Waals surface area contributed by atoms with Gasteiger partial charge in [-0.2, -0.15) is 13.2 Å². The molecule has 0 spiro atoms. The third-order valence-electron chi connectivity index (χ3n) is 1.75. The molecule has 1 atom stereocenters. The van der Waals surface area contributed by atoms with Gasteiger partial charge >= 0.3 is 6.18 Å². The first-order chi connectivity index (χ1) is 6.89. The Labute approximate surface area is 89.2 Å². The first-order valence-electron chi connectivity index (χ1n) is 4.21. The number of aliphatic hydroxyl groups excluding tert-OH is 1. The summed E-state index contributed by atoms with van der Waals surface area (Å²) in [6, 6.07) is 0. The fourth-order valence-corrected chi connectivity index (χ4v) is 1.72. The van der Waals surface area contributed by atoms with Crippen LogP contribution in [0.15, 0.2) is 11.6 Å². The van der Waals surface area contributed by atoms with Gasteiger partial charge in [0.2, 0.25) is 0 Å². The number of rotatable bonds is 4. The molecule has 0 aliphatic rings. The summed E-state index contributed by atoms with van der Waals surface area (Å²) in [5.74, 6) is 0. The zero-order valence-corrected chi connectivity index (χ0v) is 8.85.